The Hall–Kier alpha value is -5.12. The monoisotopic (exact) mass is 497 g/mol. The summed E-state index contributed by atoms with van der Waals surface area (Å²) >= 11 is 0. The van der Waals surface area contributed by atoms with E-state index in [0.29, 0.717) is 17.4 Å². The average Bonchev–Trinajstić information content (AvgIpc) is 2.94. The van der Waals surface area contributed by atoms with Crippen LogP contribution in [0.4, 0.5) is 23.3 Å². The normalized spacial score (nSPS) is 10.9. The van der Waals surface area contributed by atoms with Crippen molar-refractivity contribution >= 4 is 35.7 Å². The Balaban J connectivity index is 1.53. The molecule has 4 aromatic rings. The molecule has 0 radical (unpaired) electrons. The van der Waals surface area contributed by atoms with Gasteiger partial charge in [-0.05, 0) is 71.8 Å². The SMILES string of the molecule is COc1ccc(C=NNc2cc(Nc3ccccc3OC)nc(NN=Cc3ccc(OC)cc3)n2)cc1. The molecule has 0 unspecified atom stereocenters. The number of benzene rings is 3. The lowest BCUT2D eigenvalue weighted by Gasteiger charge is -2.12. The second kappa shape index (κ2) is 12.5. The quantitative estimate of drug-likeness (QED) is 0.193. The second-order valence-electron chi connectivity index (χ2n) is 7.57. The summed E-state index contributed by atoms with van der Waals surface area (Å²) < 4.78 is 15.8. The Morgan fingerprint density at radius 3 is 1.81 bits per heavy atom. The first-order valence-electron chi connectivity index (χ1n) is 11.3. The molecule has 3 N–H and O–H groups in total. The van der Waals surface area contributed by atoms with E-state index < -0.39 is 0 Å². The second-order valence-corrected chi connectivity index (χ2v) is 7.57. The molecule has 0 aliphatic rings. The van der Waals surface area contributed by atoms with Crippen LogP contribution in [0.2, 0.25) is 0 Å². The number of aromatic nitrogens is 2. The van der Waals surface area contributed by atoms with E-state index in [9.17, 15) is 0 Å². The molecule has 1 heterocycles. The molecule has 10 nitrogen and oxygen atoms in total. The van der Waals surface area contributed by atoms with Gasteiger partial charge in [-0.3, -0.25) is 5.43 Å². The molecule has 188 valence electrons. The third-order valence-electron chi connectivity index (χ3n) is 5.10. The predicted octanol–water partition coefficient (Wildman–Crippen LogP) is 5.14. The van der Waals surface area contributed by atoms with E-state index in [1.807, 2.05) is 72.8 Å². The van der Waals surface area contributed by atoms with Gasteiger partial charge in [0.05, 0.1) is 39.4 Å². The van der Waals surface area contributed by atoms with Gasteiger partial charge in [-0.1, -0.05) is 12.1 Å². The third kappa shape index (κ3) is 7.18. The fraction of sp³-hybridized carbons (Fsp3) is 0.111. The highest BCUT2D eigenvalue weighted by Crippen LogP contribution is 2.27. The maximum Gasteiger partial charge on any atom is 0.247 e. The summed E-state index contributed by atoms with van der Waals surface area (Å²) in [7, 11) is 4.87. The molecule has 1 aromatic heterocycles. The van der Waals surface area contributed by atoms with E-state index in [-0.39, 0.29) is 5.95 Å². The van der Waals surface area contributed by atoms with Gasteiger partial charge >= 0.3 is 0 Å². The topological polar surface area (TPSA) is 114 Å². The van der Waals surface area contributed by atoms with Gasteiger partial charge in [-0.15, -0.1) is 0 Å². The fourth-order valence-electron chi connectivity index (χ4n) is 3.22. The number of ether oxygens (including phenoxy) is 3. The van der Waals surface area contributed by atoms with Crippen molar-refractivity contribution in [3.05, 3.63) is 90.0 Å². The Morgan fingerprint density at radius 1 is 0.649 bits per heavy atom. The number of hydrogen-bond acceptors (Lipinski definition) is 10. The predicted molar refractivity (Wildman–Crippen MR) is 147 cm³/mol. The average molecular weight is 498 g/mol. The summed E-state index contributed by atoms with van der Waals surface area (Å²) in [4.78, 5) is 8.98. The molecule has 10 heteroatoms. The smallest absolute Gasteiger partial charge is 0.247 e. The molecule has 0 atom stereocenters. The van der Waals surface area contributed by atoms with E-state index in [4.69, 9.17) is 14.2 Å². The van der Waals surface area contributed by atoms with Crippen LogP contribution in [0.5, 0.6) is 17.2 Å². The molecule has 3 aromatic carbocycles. The zero-order chi connectivity index (χ0) is 25.9. The highest BCUT2D eigenvalue weighted by atomic mass is 16.5. The summed E-state index contributed by atoms with van der Waals surface area (Å²) in [6, 6.07) is 24.3. The van der Waals surface area contributed by atoms with Gasteiger partial charge in [-0.2, -0.15) is 20.2 Å². The molecule has 0 fully saturated rings. The molecule has 0 aliphatic carbocycles. The molecular weight excluding hydrogens is 470 g/mol. The molecule has 0 amide bonds. The minimum Gasteiger partial charge on any atom is -0.497 e. The summed E-state index contributed by atoms with van der Waals surface area (Å²) in [5.41, 5.74) is 8.37. The minimum absolute atomic E-state index is 0.270. The molecule has 0 saturated carbocycles. The molecule has 0 aliphatic heterocycles. The summed E-state index contributed by atoms with van der Waals surface area (Å²) in [5, 5.41) is 11.8. The number of nitrogens with zero attached hydrogens (tertiary/aromatic N) is 4. The van der Waals surface area contributed by atoms with Crippen molar-refractivity contribution in [1.82, 2.24) is 9.97 Å². The van der Waals surface area contributed by atoms with Gasteiger partial charge in [-0.25, -0.2) is 5.43 Å². The van der Waals surface area contributed by atoms with Crippen LogP contribution in [-0.2, 0) is 0 Å². The Morgan fingerprint density at radius 2 is 1.22 bits per heavy atom. The number of hydrazone groups is 2. The summed E-state index contributed by atoms with van der Waals surface area (Å²) in [6.45, 7) is 0. The molecule has 0 bridgehead atoms. The minimum atomic E-state index is 0.270. The zero-order valence-corrected chi connectivity index (χ0v) is 20.7. The molecule has 0 saturated heterocycles. The maximum atomic E-state index is 5.44. The van der Waals surface area contributed by atoms with E-state index in [1.165, 1.54) is 0 Å². The Bertz CT molecular complexity index is 1280. The van der Waals surface area contributed by atoms with Crippen molar-refractivity contribution in [2.24, 2.45) is 10.2 Å². The number of rotatable bonds is 11. The van der Waals surface area contributed by atoms with Crippen molar-refractivity contribution in [2.45, 2.75) is 0 Å². The van der Waals surface area contributed by atoms with Gasteiger partial charge in [0.15, 0.2) is 5.82 Å². The Labute approximate surface area is 215 Å². The summed E-state index contributed by atoms with van der Waals surface area (Å²) in [6.07, 6.45) is 3.35. The highest BCUT2D eigenvalue weighted by molar-refractivity contribution is 5.81. The lowest BCUT2D eigenvalue weighted by Crippen LogP contribution is -2.04. The van der Waals surface area contributed by atoms with Crippen LogP contribution in [0.3, 0.4) is 0 Å². The number of para-hydroxylation sites is 2. The number of hydrogen-bond donors (Lipinski definition) is 3. The van der Waals surface area contributed by atoms with Gasteiger partial charge in [0.25, 0.3) is 0 Å². The van der Waals surface area contributed by atoms with Gasteiger partial charge < -0.3 is 19.5 Å². The van der Waals surface area contributed by atoms with Gasteiger partial charge in [0, 0.05) is 6.07 Å². The van der Waals surface area contributed by atoms with Crippen LogP contribution in [0, 0.1) is 0 Å². The fourth-order valence-corrected chi connectivity index (χ4v) is 3.22. The van der Waals surface area contributed by atoms with Crippen LogP contribution in [-0.4, -0.2) is 43.7 Å². The van der Waals surface area contributed by atoms with Crippen LogP contribution >= 0.6 is 0 Å². The van der Waals surface area contributed by atoms with Gasteiger partial charge in [0.1, 0.15) is 23.1 Å². The van der Waals surface area contributed by atoms with E-state index >= 15 is 0 Å². The first-order valence-corrected chi connectivity index (χ1v) is 11.3. The van der Waals surface area contributed by atoms with Gasteiger partial charge in [0.2, 0.25) is 5.95 Å². The molecular formula is C27H27N7O3. The van der Waals surface area contributed by atoms with Crippen molar-refractivity contribution in [2.75, 3.05) is 37.5 Å². The first-order chi connectivity index (χ1) is 18.2. The highest BCUT2D eigenvalue weighted by Gasteiger charge is 2.08. The van der Waals surface area contributed by atoms with Crippen molar-refractivity contribution in [3.63, 3.8) is 0 Å². The third-order valence-corrected chi connectivity index (χ3v) is 5.10. The molecule has 37 heavy (non-hydrogen) atoms. The Kier molecular flexibility index (Phi) is 8.47. The van der Waals surface area contributed by atoms with Crippen molar-refractivity contribution < 1.29 is 14.2 Å². The van der Waals surface area contributed by atoms with Crippen LogP contribution in [0.25, 0.3) is 0 Å². The standard InChI is InChI=1S/C27H27N7O3/c1-35-21-12-8-19(9-13-21)17-28-33-26-16-25(30-23-6-4-5-7-24(23)37-3)31-27(32-26)34-29-18-20-10-14-22(36-2)15-11-20/h4-18H,1-3H3,(H3,30,31,32,33,34). The van der Waals surface area contributed by atoms with E-state index in [2.05, 4.69) is 36.3 Å². The zero-order valence-electron chi connectivity index (χ0n) is 20.7. The van der Waals surface area contributed by atoms with E-state index in [0.717, 1.165) is 28.3 Å². The van der Waals surface area contributed by atoms with Crippen molar-refractivity contribution in [1.29, 1.82) is 0 Å². The lowest BCUT2D eigenvalue weighted by atomic mass is 10.2. The first kappa shape index (κ1) is 25.0. The summed E-state index contributed by atoms with van der Waals surface area (Å²) in [5.74, 6) is 3.48. The largest absolute Gasteiger partial charge is 0.497 e. The van der Waals surface area contributed by atoms with Crippen LogP contribution in [0.15, 0.2) is 89.1 Å². The van der Waals surface area contributed by atoms with Crippen LogP contribution in [0.1, 0.15) is 11.1 Å². The number of anilines is 4. The maximum absolute atomic E-state index is 5.44. The number of methoxy groups -OCH3 is 3. The molecule has 4 rings (SSSR count). The van der Waals surface area contributed by atoms with E-state index in [1.54, 1.807) is 39.8 Å². The molecule has 0 spiro atoms. The van der Waals surface area contributed by atoms with Crippen molar-refractivity contribution in [3.8, 4) is 17.2 Å². The van der Waals surface area contributed by atoms with Crippen LogP contribution < -0.4 is 30.4 Å². The number of nitrogens with one attached hydrogen (secondary N) is 3. The lowest BCUT2D eigenvalue weighted by molar-refractivity contribution is 0.414.